The highest BCUT2D eigenvalue weighted by Crippen LogP contribution is 2.29. The quantitative estimate of drug-likeness (QED) is 0.797. The molecular weight excluding hydrogens is 279 g/mol. The van der Waals surface area contributed by atoms with Gasteiger partial charge in [-0.3, -0.25) is 10.1 Å². The third-order valence-electron chi connectivity index (χ3n) is 2.60. The van der Waals surface area contributed by atoms with Crippen LogP contribution in [-0.4, -0.2) is 10.9 Å². The van der Waals surface area contributed by atoms with Gasteiger partial charge in [0.05, 0.1) is 11.1 Å². The molecule has 1 N–H and O–H groups in total. The smallest absolute Gasteiger partial charge is 0.293 e. The molecule has 2 heterocycles. The van der Waals surface area contributed by atoms with Crippen molar-refractivity contribution in [2.24, 2.45) is 0 Å². The Morgan fingerprint density at radius 2 is 2.05 bits per heavy atom. The molecule has 2 aromatic heterocycles. The van der Waals surface area contributed by atoms with E-state index in [1.54, 1.807) is 30.5 Å². The van der Waals surface area contributed by atoms with Crippen molar-refractivity contribution >= 4 is 22.4 Å². The number of rotatable bonds is 3. The molecule has 0 atom stereocenters. The van der Waals surface area contributed by atoms with E-state index in [9.17, 15) is 9.18 Å². The van der Waals surface area contributed by atoms with Gasteiger partial charge in [0.2, 0.25) is 0 Å². The lowest BCUT2D eigenvalue weighted by molar-refractivity contribution is 0.0996. The van der Waals surface area contributed by atoms with E-state index in [1.165, 1.54) is 29.7 Å². The number of aromatic nitrogens is 1. The molecule has 1 amide bonds. The molecule has 0 bridgehead atoms. The van der Waals surface area contributed by atoms with Crippen molar-refractivity contribution in [2.45, 2.75) is 0 Å². The molecule has 0 saturated carbocycles. The lowest BCUT2D eigenvalue weighted by Crippen LogP contribution is -2.10. The van der Waals surface area contributed by atoms with E-state index in [0.717, 1.165) is 10.4 Å². The predicted octanol–water partition coefficient (Wildman–Crippen LogP) is 3.79. The molecule has 0 saturated heterocycles. The summed E-state index contributed by atoms with van der Waals surface area (Å²) in [6, 6.07) is 9.32. The zero-order valence-electron chi connectivity index (χ0n) is 10.2. The summed E-state index contributed by atoms with van der Waals surface area (Å²) in [6.45, 7) is 0. The monoisotopic (exact) mass is 288 g/mol. The molecule has 0 fully saturated rings. The lowest BCUT2D eigenvalue weighted by Gasteiger charge is -1.97. The minimum absolute atomic E-state index is 0.225. The first-order valence-corrected chi connectivity index (χ1v) is 6.60. The Labute approximate surface area is 117 Å². The van der Waals surface area contributed by atoms with E-state index in [4.69, 9.17) is 4.42 Å². The second-order valence-electron chi connectivity index (χ2n) is 3.97. The van der Waals surface area contributed by atoms with Crippen molar-refractivity contribution in [3.8, 4) is 10.4 Å². The maximum atomic E-state index is 12.9. The van der Waals surface area contributed by atoms with Gasteiger partial charge in [0.15, 0.2) is 10.9 Å². The maximum absolute atomic E-state index is 12.9. The van der Waals surface area contributed by atoms with Crippen LogP contribution in [0.25, 0.3) is 10.4 Å². The molecule has 6 heteroatoms. The number of hydrogen-bond donors (Lipinski definition) is 1. The number of halogens is 1. The number of benzene rings is 1. The summed E-state index contributed by atoms with van der Waals surface area (Å²) in [7, 11) is 0. The normalized spacial score (nSPS) is 10.4. The average Bonchev–Trinajstić information content (AvgIpc) is 3.10. The van der Waals surface area contributed by atoms with Crippen LogP contribution in [0.2, 0.25) is 0 Å². The van der Waals surface area contributed by atoms with Gasteiger partial charge in [-0.2, -0.15) is 0 Å². The molecule has 4 nitrogen and oxygen atoms in total. The number of thiazole rings is 1. The van der Waals surface area contributed by atoms with Crippen LogP contribution in [0.5, 0.6) is 0 Å². The van der Waals surface area contributed by atoms with Gasteiger partial charge < -0.3 is 4.42 Å². The van der Waals surface area contributed by atoms with E-state index in [1.807, 2.05) is 0 Å². The predicted molar refractivity (Wildman–Crippen MR) is 74.2 cm³/mol. The maximum Gasteiger partial charge on any atom is 0.293 e. The van der Waals surface area contributed by atoms with Gasteiger partial charge in [-0.25, -0.2) is 9.37 Å². The van der Waals surface area contributed by atoms with Gasteiger partial charge in [0, 0.05) is 6.20 Å². The summed E-state index contributed by atoms with van der Waals surface area (Å²) in [5, 5.41) is 3.11. The van der Waals surface area contributed by atoms with Crippen LogP contribution in [0.3, 0.4) is 0 Å². The van der Waals surface area contributed by atoms with Crippen molar-refractivity contribution in [3.05, 3.63) is 60.4 Å². The topological polar surface area (TPSA) is 55.1 Å². The van der Waals surface area contributed by atoms with E-state index in [0.29, 0.717) is 5.13 Å². The first-order valence-electron chi connectivity index (χ1n) is 5.79. The summed E-state index contributed by atoms with van der Waals surface area (Å²) >= 11 is 1.31. The van der Waals surface area contributed by atoms with E-state index in [2.05, 4.69) is 10.3 Å². The van der Waals surface area contributed by atoms with Gasteiger partial charge >= 0.3 is 0 Å². The van der Waals surface area contributed by atoms with Crippen molar-refractivity contribution in [3.63, 3.8) is 0 Å². The summed E-state index contributed by atoms with van der Waals surface area (Å²) in [6.07, 6.45) is 3.07. The van der Waals surface area contributed by atoms with Gasteiger partial charge in [-0.05, 0) is 29.8 Å². The van der Waals surface area contributed by atoms with Crippen LogP contribution in [0.15, 0.2) is 53.3 Å². The standard InChI is InChI=1S/C14H9FN2O2S/c15-10-5-3-9(4-6-10)12-8-16-14(20-12)17-13(18)11-2-1-7-19-11/h1-8H,(H,16,17,18). The lowest BCUT2D eigenvalue weighted by atomic mass is 10.2. The van der Waals surface area contributed by atoms with Crippen LogP contribution < -0.4 is 5.32 Å². The van der Waals surface area contributed by atoms with Crippen molar-refractivity contribution < 1.29 is 13.6 Å². The fourth-order valence-electron chi connectivity index (χ4n) is 1.65. The number of nitrogens with one attached hydrogen (secondary N) is 1. The Hall–Kier alpha value is -2.47. The van der Waals surface area contributed by atoms with Crippen molar-refractivity contribution in [2.75, 3.05) is 5.32 Å². The van der Waals surface area contributed by atoms with E-state index < -0.39 is 0 Å². The molecule has 0 aliphatic carbocycles. The highest BCUT2D eigenvalue weighted by molar-refractivity contribution is 7.19. The summed E-state index contributed by atoms with van der Waals surface area (Å²) < 4.78 is 17.9. The SMILES string of the molecule is O=C(Nc1ncc(-c2ccc(F)cc2)s1)c1ccco1. The van der Waals surface area contributed by atoms with Gasteiger partial charge in [0.1, 0.15) is 5.82 Å². The average molecular weight is 288 g/mol. The minimum Gasteiger partial charge on any atom is -0.459 e. The number of nitrogens with zero attached hydrogens (tertiary/aromatic N) is 1. The second-order valence-corrected chi connectivity index (χ2v) is 5.00. The number of hydrogen-bond acceptors (Lipinski definition) is 4. The van der Waals surface area contributed by atoms with Gasteiger partial charge in [0.25, 0.3) is 5.91 Å². The van der Waals surface area contributed by atoms with Crippen LogP contribution in [-0.2, 0) is 0 Å². The summed E-state index contributed by atoms with van der Waals surface area (Å²) in [5.74, 6) is -0.414. The molecule has 100 valence electrons. The Morgan fingerprint density at radius 3 is 2.75 bits per heavy atom. The molecule has 1 aromatic carbocycles. The molecule has 0 unspecified atom stereocenters. The molecule has 0 spiro atoms. The molecule has 3 rings (SSSR count). The molecule has 3 aromatic rings. The second kappa shape index (κ2) is 5.26. The molecular formula is C14H9FN2O2S. The Bertz CT molecular complexity index is 720. The fourth-order valence-corrected chi connectivity index (χ4v) is 2.46. The zero-order chi connectivity index (χ0) is 13.9. The van der Waals surface area contributed by atoms with Crippen LogP contribution in [0, 0.1) is 5.82 Å². The molecule has 0 aliphatic heterocycles. The molecule has 20 heavy (non-hydrogen) atoms. The molecule has 0 aliphatic rings. The van der Waals surface area contributed by atoms with Crippen LogP contribution in [0.1, 0.15) is 10.6 Å². The summed E-state index contributed by atoms with van der Waals surface area (Å²) in [5.41, 5.74) is 0.849. The number of anilines is 1. The first-order chi connectivity index (χ1) is 9.72. The zero-order valence-corrected chi connectivity index (χ0v) is 11.0. The number of carbonyl (C=O) groups is 1. The van der Waals surface area contributed by atoms with Gasteiger partial charge in [-0.1, -0.05) is 23.5 Å². The Morgan fingerprint density at radius 1 is 1.25 bits per heavy atom. The van der Waals surface area contributed by atoms with E-state index in [-0.39, 0.29) is 17.5 Å². The van der Waals surface area contributed by atoms with Crippen LogP contribution >= 0.6 is 11.3 Å². The largest absolute Gasteiger partial charge is 0.459 e. The highest BCUT2D eigenvalue weighted by atomic mass is 32.1. The summed E-state index contributed by atoms with van der Waals surface area (Å²) in [4.78, 5) is 16.7. The highest BCUT2D eigenvalue weighted by Gasteiger charge is 2.11. The Kier molecular flexibility index (Phi) is 3.30. The third kappa shape index (κ3) is 2.60. The Balaban J connectivity index is 1.77. The number of carbonyl (C=O) groups excluding carboxylic acids is 1. The third-order valence-corrected chi connectivity index (χ3v) is 3.56. The van der Waals surface area contributed by atoms with E-state index >= 15 is 0 Å². The van der Waals surface area contributed by atoms with Crippen molar-refractivity contribution in [1.29, 1.82) is 0 Å². The fraction of sp³-hybridized carbons (Fsp3) is 0. The first kappa shape index (κ1) is 12.6. The van der Waals surface area contributed by atoms with Crippen LogP contribution in [0.4, 0.5) is 9.52 Å². The molecule has 0 radical (unpaired) electrons. The number of furan rings is 1. The van der Waals surface area contributed by atoms with Crippen molar-refractivity contribution in [1.82, 2.24) is 4.98 Å². The number of amides is 1. The minimum atomic E-state index is -0.352. The van der Waals surface area contributed by atoms with Gasteiger partial charge in [-0.15, -0.1) is 0 Å².